The van der Waals surface area contributed by atoms with Crippen molar-refractivity contribution in [2.75, 3.05) is 24.6 Å². The normalized spacial score (nSPS) is 22.9. The molecule has 82 valence electrons. The molecule has 3 nitrogen and oxygen atoms in total. The topological polar surface area (TPSA) is 42.2 Å². The summed E-state index contributed by atoms with van der Waals surface area (Å²) in [6, 6.07) is 4.02. The second-order valence-corrected chi connectivity index (χ2v) is 5.51. The third kappa shape index (κ3) is 2.86. The lowest BCUT2D eigenvalue weighted by atomic mass is 10.2. The molecule has 0 amide bonds. The second kappa shape index (κ2) is 4.86. The van der Waals surface area contributed by atoms with Crippen molar-refractivity contribution in [3.8, 4) is 0 Å². The van der Waals surface area contributed by atoms with Gasteiger partial charge in [-0.25, -0.2) is 4.98 Å². The fourth-order valence-electron chi connectivity index (χ4n) is 1.86. The van der Waals surface area contributed by atoms with Gasteiger partial charge in [0.15, 0.2) is 0 Å². The first-order chi connectivity index (χ1) is 7.25. The van der Waals surface area contributed by atoms with E-state index in [1.165, 1.54) is 5.75 Å². The number of nitrogen functional groups attached to an aromatic ring is 1. The van der Waals surface area contributed by atoms with Gasteiger partial charge in [-0.15, -0.1) is 0 Å². The minimum absolute atomic E-state index is 0.670. The van der Waals surface area contributed by atoms with Crippen LogP contribution in [0.5, 0.6) is 0 Å². The van der Waals surface area contributed by atoms with E-state index in [-0.39, 0.29) is 0 Å². The minimum Gasteiger partial charge on any atom is -0.383 e. The number of anilines is 1. The summed E-state index contributed by atoms with van der Waals surface area (Å²) >= 11 is 2.05. The molecule has 1 aromatic heterocycles. The maximum absolute atomic E-state index is 5.83. The standard InChI is InChI=1S/C11H17N3S/c1-9-7-14(5-6-15-9)8-10-3-2-4-13-11(10)12/h2-4,9H,5-8H2,1H3,(H2,12,13). The van der Waals surface area contributed by atoms with E-state index >= 15 is 0 Å². The van der Waals surface area contributed by atoms with Crippen molar-refractivity contribution in [2.24, 2.45) is 0 Å². The summed E-state index contributed by atoms with van der Waals surface area (Å²) in [7, 11) is 0. The van der Waals surface area contributed by atoms with E-state index in [0.717, 1.165) is 30.4 Å². The molecule has 15 heavy (non-hydrogen) atoms. The monoisotopic (exact) mass is 223 g/mol. The predicted octanol–water partition coefficient (Wildman–Crippen LogP) is 1.60. The van der Waals surface area contributed by atoms with E-state index in [0.29, 0.717) is 5.82 Å². The molecule has 1 saturated heterocycles. The Morgan fingerprint density at radius 2 is 2.53 bits per heavy atom. The lowest BCUT2D eigenvalue weighted by molar-refractivity contribution is 0.278. The third-order valence-electron chi connectivity index (χ3n) is 2.65. The summed E-state index contributed by atoms with van der Waals surface area (Å²) in [6.45, 7) is 5.52. The van der Waals surface area contributed by atoms with Gasteiger partial charge in [0.1, 0.15) is 5.82 Å². The van der Waals surface area contributed by atoms with Gasteiger partial charge in [-0.05, 0) is 6.07 Å². The number of thioether (sulfide) groups is 1. The summed E-state index contributed by atoms with van der Waals surface area (Å²) in [5, 5.41) is 0.733. The average Bonchev–Trinajstić information content (AvgIpc) is 2.22. The quantitative estimate of drug-likeness (QED) is 0.827. The summed E-state index contributed by atoms with van der Waals surface area (Å²) in [5.74, 6) is 1.89. The largest absolute Gasteiger partial charge is 0.383 e. The van der Waals surface area contributed by atoms with Gasteiger partial charge in [-0.3, -0.25) is 4.90 Å². The van der Waals surface area contributed by atoms with Gasteiger partial charge in [0.2, 0.25) is 0 Å². The Labute approximate surface area is 95.1 Å². The maximum Gasteiger partial charge on any atom is 0.127 e. The van der Waals surface area contributed by atoms with Crippen LogP contribution in [0.4, 0.5) is 5.82 Å². The van der Waals surface area contributed by atoms with E-state index < -0.39 is 0 Å². The van der Waals surface area contributed by atoms with Crippen molar-refractivity contribution in [3.63, 3.8) is 0 Å². The average molecular weight is 223 g/mol. The van der Waals surface area contributed by atoms with Gasteiger partial charge in [0.25, 0.3) is 0 Å². The summed E-state index contributed by atoms with van der Waals surface area (Å²) < 4.78 is 0. The highest BCUT2D eigenvalue weighted by Gasteiger charge is 2.17. The molecule has 1 unspecified atom stereocenters. The molecule has 0 aliphatic carbocycles. The highest BCUT2D eigenvalue weighted by molar-refractivity contribution is 7.99. The van der Waals surface area contributed by atoms with Crippen molar-refractivity contribution in [2.45, 2.75) is 18.7 Å². The first kappa shape index (κ1) is 10.8. The second-order valence-electron chi connectivity index (χ2n) is 3.96. The van der Waals surface area contributed by atoms with Crippen LogP contribution in [0.1, 0.15) is 12.5 Å². The first-order valence-electron chi connectivity index (χ1n) is 5.29. The SMILES string of the molecule is CC1CN(Cc2cccnc2N)CCS1. The zero-order valence-corrected chi connectivity index (χ0v) is 9.83. The number of aromatic nitrogens is 1. The van der Waals surface area contributed by atoms with Crippen LogP contribution in [-0.2, 0) is 6.54 Å². The van der Waals surface area contributed by atoms with Crippen LogP contribution in [0.25, 0.3) is 0 Å². The number of nitrogens with two attached hydrogens (primary N) is 1. The molecular weight excluding hydrogens is 206 g/mol. The van der Waals surface area contributed by atoms with Crippen molar-refractivity contribution in [3.05, 3.63) is 23.9 Å². The minimum atomic E-state index is 0.670. The fraction of sp³-hybridized carbons (Fsp3) is 0.545. The molecule has 0 aromatic carbocycles. The van der Waals surface area contributed by atoms with Crippen LogP contribution in [0.2, 0.25) is 0 Å². The number of nitrogens with zero attached hydrogens (tertiary/aromatic N) is 2. The van der Waals surface area contributed by atoms with E-state index in [4.69, 9.17) is 5.73 Å². The molecule has 4 heteroatoms. The molecule has 1 atom stereocenters. The lowest BCUT2D eigenvalue weighted by Crippen LogP contribution is -2.36. The van der Waals surface area contributed by atoms with Gasteiger partial charge in [0.05, 0.1) is 0 Å². The van der Waals surface area contributed by atoms with Gasteiger partial charge in [-0.1, -0.05) is 13.0 Å². The van der Waals surface area contributed by atoms with E-state index in [2.05, 4.69) is 22.9 Å². The number of hydrogen-bond acceptors (Lipinski definition) is 4. The molecule has 1 aromatic rings. The molecule has 2 rings (SSSR count). The van der Waals surface area contributed by atoms with Crippen LogP contribution in [0, 0.1) is 0 Å². The Kier molecular flexibility index (Phi) is 3.49. The summed E-state index contributed by atoms with van der Waals surface area (Å²) in [5.41, 5.74) is 6.98. The molecule has 0 radical (unpaired) electrons. The Morgan fingerprint density at radius 3 is 3.27 bits per heavy atom. The van der Waals surface area contributed by atoms with E-state index in [1.807, 2.05) is 17.8 Å². The highest BCUT2D eigenvalue weighted by atomic mass is 32.2. The molecule has 1 aliphatic heterocycles. The predicted molar refractivity (Wildman–Crippen MR) is 65.8 cm³/mol. The molecule has 0 saturated carbocycles. The van der Waals surface area contributed by atoms with Gasteiger partial charge >= 0.3 is 0 Å². The Hall–Kier alpha value is -0.740. The van der Waals surface area contributed by atoms with Crippen LogP contribution in [0.3, 0.4) is 0 Å². The summed E-state index contributed by atoms with van der Waals surface area (Å²) in [6.07, 6.45) is 1.74. The molecule has 1 aliphatic rings. The number of rotatable bonds is 2. The van der Waals surface area contributed by atoms with Crippen molar-refractivity contribution in [1.82, 2.24) is 9.88 Å². The smallest absolute Gasteiger partial charge is 0.127 e. The molecule has 2 heterocycles. The Morgan fingerprint density at radius 1 is 1.67 bits per heavy atom. The molecular formula is C11H17N3S. The fourth-order valence-corrected chi connectivity index (χ4v) is 2.94. The lowest BCUT2D eigenvalue weighted by Gasteiger charge is -2.30. The highest BCUT2D eigenvalue weighted by Crippen LogP contribution is 2.20. The maximum atomic E-state index is 5.83. The third-order valence-corrected chi connectivity index (χ3v) is 3.78. The first-order valence-corrected chi connectivity index (χ1v) is 6.34. The zero-order valence-electron chi connectivity index (χ0n) is 9.02. The number of pyridine rings is 1. The summed E-state index contributed by atoms with van der Waals surface area (Å²) in [4.78, 5) is 6.56. The number of hydrogen-bond donors (Lipinski definition) is 1. The van der Waals surface area contributed by atoms with Gasteiger partial charge in [0, 0.05) is 42.4 Å². The van der Waals surface area contributed by atoms with Crippen LogP contribution in [0.15, 0.2) is 18.3 Å². The zero-order chi connectivity index (χ0) is 10.7. The van der Waals surface area contributed by atoms with Crippen molar-refractivity contribution >= 4 is 17.6 Å². The van der Waals surface area contributed by atoms with Crippen molar-refractivity contribution in [1.29, 1.82) is 0 Å². The van der Waals surface area contributed by atoms with Gasteiger partial charge < -0.3 is 5.73 Å². The molecule has 1 fully saturated rings. The molecule has 0 bridgehead atoms. The molecule has 2 N–H and O–H groups in total. The van der Waals surface area contributed by atoms with Crippen molar-refractivity contribution < 1.29 is 0 Å². The van der Waals surface area contributed by atoms with Crippen LogP contribution < -0.4 is 5.73 Å². The molecule has 0 spiro atoms. The van der Waals surface area contributed by atoms with E-state index in [9.17, 15) is 0 Å². The van der Waals surface area contributed by atoms with Crippen LogP contribution >= 0.6 is 11.8 Å². The van der Waals surface area contributed by atoms with Gasteiger partial charge in [-0.2, -0.15) is 11.8 Å². The Bertz CT molecular complexity index is 329. The van der Waals surface area contributed by atoms with Crippen LogP contribution in [-0.4, -0.2) is 34.0 Å². The Balaban J connectivity index is 1.99. The van der Waals surface area contributed by atoms with E-state index in [1.54, 1.807) is 6.20 Å².